The van der Waals surface area contributed by atoms with Crippen molar-refractivity contribution in [1.82, 2.24) is 5.32 Å². The quantitative estimate of drug-likeness (QED) is 0.825. The molecule has 0 amide bonds. The fourth-order valence-corrected chi connectivity index (χ4v) is 1.82. The zero-order valence-electron chi connectivity index (χ0n) is 9.47. The van der Waals surface area contributed by atoms with Crippen LogP contribution in [0.5, 0.6) is 0 Å². The van der Waals surface area contributed by atoms with Gasteiger partial charge in [-0.15, -0.1) is 0 Å². The van der Waals surface area contributed by atoms with Gasteiger partial charge in [-0.25, -0.2) is 0 Å². The van der Waals surface area contributed by atoms with E-state index < -0.39 is 0 Å². The Balaban J connectivity index is 2.34. The minimum absolute atomic E-state index is 0.599. The van der Waals surface area contributed by atoms with Gasteiger partial charge in [-0.1, -0.05) is 36.2 Å². The van der Waals surface area contributed by atoms with E-state index >= 15 is 0 Å². The molecule has 90 valence electrons. The number of nitrogens with two attached hydrogens (primary N) is 1. The van der Waals surface area contributed by atoms with Crippen molar-refractivity contribution in [2.45, 2.75) is 19.9 Å². The second-order valence-electron chi connectivity index (χ2n) is 4.06. The maximum absolute atomic E-state index is 5.93. The Morgan fingerprint density at radius 3 is 2.69 bits per heavy atom. The minimum atomic E-state index is 0.599. The smallest absolute Gasteiger partial charge is 0.0595 e. The second-order valence-corrected chi connectivity index (χ2v) is 4.88. The number of hydrogen-bond donors (Lipinski definition) is 2. The molecule has 2 nitrogen and oxygen atoms in total. The Morgan fingerprint density at radius 2 is 2.06 bits per heavy atom. The van der Waals surface area contributed by atoms with Crippen LogP contribution in [0.3, 0.4) is 0 Å². The summed E-state index contributed by atoms with van der Waals surface area (Å²) >= 11 is 11.8. The summed E-state index contributed by atoms with van der Waals surface area (Å²) in [5.74, 6) is 0.604. The topological polar surface area (TPSA) is 38.0 Å². The lowest BCUT2D eigenvalue weighted by Crippen LogP contribution is -2.22. The highest BCUT2D eigenvalue weighted by molar-refractivity contribution is 6.42. The van der Waals surface area contributed by atoms with Crippen molar-refractivity contribution in [2.75, 3.05) is 13.1 Å². The number of hydrogen-bond acceptors (Lipinski definition) is 2. The van der Waals surface area contributed by atoms with Gasteiger partial charge in [-0.3, -0.25) is 0 Å². The molecule has 16 heavy (non-hydrogen) atoms. The molecule has 1 unspecified atom stereocenters. The van der Waals surface area contributed by atoms with Gasteiger partial charge in [0.2, 0.25) is 0 Å². The molecule has 4 heteroatoms. The van der Waals surface area contributed by atoms with Crippen molar-refractivity contribution in [3.63, 3.8) is 0 Å². The van der Waals surface area contributed by atoms with Crippen LogP contribution in [-0.2, 0) is 6.54 Å². The van der Waals surface area contributed by atoms with Crippen LogP contribution in [-0.4, -0.2) is 13.1 Å². The van der Waals surface area contributed by atoms with Crippen LogP contribution in [0.2, 0.25) is 10.0 Å². The monoisotopic (exact) mass is 260 g/mol. The predicted molar refractivity (Wildman–Crippen MR) is 71.0 cm³/mol. The molecule has 0 aliphatic rings. The molecule has 0 saturated heterocycles. The molecule has 0 fully saturated rings. The van der Waals surface area contributed by atoms with E-state index in [9.17, 15) is 0 Å². The van der Waals surface area contributed by atoms with Crippen molar-refractivity contribution >= 4 is 23.2 Å². The average molecular weight is 261 g/mol. The second kappa shape index (κ2) is 7.13. The van der Waals surface area contributed by atoms with Gasteiger partial charge in [0.05, 0.1) is 10.0 Å². The Morgan fingerprint density at radius 1 is 1.31 bits per heavy atom. The Bertz CT molecular complexity index is 329. The van der Waals surface area contributed by atoms with Gasteiger partial charge < -0.3 is 11.1 Å². The fourth-order valence-electron chi connectivity index (χ4n) is 1.50. The third-order valence-corrected chi connectivity index (χ3v) is 3.20. The first-order valence-electron chi connectivity index (χ1n) is 5.48. The highest BCUT2D eigenvalue weighted by Gasteiger charge is 2.02. The van der Waals surface area contributed by atoms with E-state index in [1.54, 1.807) is 0 Å². The van der Waals surface area contributed by atoms with Crippen LogP contribution in [0.15, 0.2) is 18.2 Å². The summed E-state index contributed by atoms with van der Waals surface area (Å²) in [5.41, 5.74) is 6.64. The molecule has 3 N–H and O–H groups in total. The molecule has 0 aliphatic carbocycles. The average Bonchev–Trinajstić information content (AvgIpc) is 2.24. The fraction of sp³-hybridized carbons (Fsp3) is 0.500. The lowest BCUT2D eigenvalue weighted by Gasteiger charge is -2.11. The van der Waals surface area contributed by atoms with Crippen LogP contribution in [0.25, 0.3) is 0 Å². The first kappa shape index (κ1) is 13.8. The van der Waals surface area contributed by atoms with Gasteiger partial charge in [0.15, 0.2) is 0 Å². The van der Waals surface area contributed by atoms with E-state index in [-0.39, 0.29) is 0 Å². The predicted octanol–water partition coefficient (Wildman–Crippen LogP) is 3.07. The number of benzene rings is 1. The van der Waals surface area contributed by atoms with Gasteiger partial charge in [-0.2, -0.15) is 0 Å². The van der Waals surface area contributed by atoms with Crippen molar-refractivity contribution in [3.05, 3.63) is 33.8 Å². The molecule has 0 radical (unpaired) electrons. The maximum Gasteiger partial charge on any atom is 0.0595 e. The molecule has 0 aliphatic heterocycles. The maximum atomic E-state index is 5.93. The van der Waals surface area contributed by atoms with Gasteiger partial charge >= 0.3 is 0 Å². The van der Waals surface area contributed by atoms with Crippen LogP contribution in [0.4, 0.5) is 0 Å². The van der Waals surface area contributed by atoms with Crippen LogP contribution < -0.4 is 11.1 Å². The van der Waals surface area contributed by atoms with E-state index in [0.717, 1.165) is 31.6 Å². The standard InChI is InChI=1S/C12H18Cl2N2/c1-9(4-5-15)7-16-8-10-2-3-11(13)12(14)6-10/h2-3,6,9,16H,4-5,7-8,15H2,1H3. The highest BCUT2D eigenvalue weighted by Crippen LogP contribution is 2.22. The first-order chi connectivity index (χ1) is 7.63. The van der Waals surface area contributed by atoms with Crippen molar-refractivity contribution in [2.24, 2.45) is 11.7 Å². The first-order valence-corrected chi connectivity index (χ1v) is 6.23. The van der Waals surface area contributed by atoms with Gasteiger partial charge in [0, 0.05) is 6.54 Å². The van der Waals surface area contributed by atoms with E-state index in [4.69, 9.17) is 28.9 Å². The molecule has 1 atom stereocenters. The Kier molecular flexibility index (Phi) is 6.14. The number of rotatable bonds is 6. The summed E-state index contributed by atoms with van der Waals surface area (Å²) in [7, 11) is 0. The van der Waals surface area contributed by atoms with Gasteiger partial charge in [-0.05, 0) is 43.1 Å². The zero-order chi connectivity index (χ0) is 12.0. The molecule has 1 aromatic rings. The molecular formula is C12H18Cl2N2. The number of halogens is 2. The summed E-state index contributed by atoms with van der Waals surface area (Å²) in [5, 5.41) is 4.58. The SMILES string of the molecule is CC(CCN)CNCc1ccc(Cl)c(Cl)c1. The van der Waals surface area contributed by atoms with Crippen LogP contribution in [0, 0.1) is 5.92 Å². The summed E-state index contributed by atoms with van der Waals surface area (Å²) in [6.45, 7) is 4.72. The lowest BCUT2D eigenvalue weighted by atomic mass is 10.1. The largest absolute Gasteiger partial charge is 0.330 e. The minimum Gasteiger partial charge on any atom is -0.330 e. The normalized spacial score (nSPS) is 12.8. The summed E-state index contributed by atoms with van der Waals surface area (Å²) < 4.78 is 0. The van der Waals surface area contributed by atoms with E-state index in [1.165, 1.54) is 0 Å². The molecule has 0 aromatic heterocycles. The summed E-state index contributed by atoms with van der Waals surface area (Å²) in [4.78, 5) is 0. The Hall–Kier alpha value is -0.280. The van der Waals surface area contributed by atoms with Gasteiger partial charge in [0.25, 0.3) is 0 Å². The molecule has 0 heterocycles. The van der Waals surface area contributed by atoms with Crippen molar-refractivity contribution in [1.29, 1.82) is 0 Å². The molecule has 1 rings (SSSR count). The summed E-state index contributed by atoms with van der Waals surface area (Å²) in [6.07, 6.45) is 1.05. The third kappa shape index (κ3) is 4.71. The van der Waals surface area contributed by atoms with Gasteiger partial charge in [0.1, 0.15) is 0 Å². The zero-order valence-corrected chi connectivity index (χ0v) is 11.0. The number of nitrogens with one attached hydrogen (secondary N) is 1. The third-order valence-electron chi connectivity index (χ3n) is 2.47. The Labute approximate surface area is 107 Å². The molecule has 0 bridgehead atoms. The van der Waals surface area contributed by atoms with Crippen molar-refractivity contribution in [3.8, 4) is 0 Å². The lowest BCUT2D eigenvalue weighted by molar-refractivity contribution is 0.486. The van der Waals surface area contributed by atoms with Crippen molar-refractivity contribution < 1.29 is 0 Å². The summed E-state index contributed by atoms with van der Waals surface area (Å²) in [6, 6.07) is 5.70. The van der Waals surface area contributed by atoms with E-state index in [1.807, 2.05) is 18.2 Å². The molecule has 0 saturated carbocycles. The van der Waals surface area contributed by atoms with Crippen LogP contribution in [0.1, 0.15) is 18.9 Å². The molecule has 0 spiro atoms. The molecular weight excluding hydrogens is 243 g/mol. The van der Waals surface area contributed by atoms with Crippen LogP contribution >= 0.6 is 23.2 Å². The molecule has 1 aromatic carbocycles. The van der Waals surface area contributed by atoms with E-state index in [2.05, 4.69) is 12.2 Å². The van der Waals surface area contributed by atoms with E-state index in [0.29, 0.717) is 16.0 Å². The highest BCUT2D eigenvalue weighted by atomic mass is 35.5.